The summed E-state index contributed by atoms with van der Waals surface area (Å²) in [6.07, 6.45) is 0.593. The smallest absolute Gasteiger partial charge is 0.324 e. The van der Waals surface area contributed by atoms with E-state index in [9.17, 15) is 13.2 Å². The van der Waals surface area contributed by atoms with E-state index in [0.717, 1.165) is 6.42 Å². The lowest BCUT2D eigenvalue weighted by molar-refractivity contribution is -0.147. The molecule has 0 aromatic carbocycles. The third-order valence-corrected chi connectivity index (χ3v) is 2.50. The van der Waals surface area contributed by atoms with Gasteiger partial charge in [0.2, 0.25) is 5.82 Å². The Hall–Kier alpha value is -1.26. The quantitative estimate of drug-likeness (QED) is 0.705. The number of fused-ring (bicyclic) bond motifs is 1. The summed E-state index contributed by atoms with van der Waals surface area (Å²) in [6, 6.07) is 0. The molecule has 0 unspecified atom stereocenters. The van der Waals surface area contributed by atoms with Gasteiger partial charge in [-0.15, -0.1) is 0 Å². The first kappa shape index (κ1) is 10.3. The van der Waals surface area contributed by atoms with E-state index in [1.165, 1.54) is 4.57 Å². The van der Waals surface area contributed by atoms with E-state index in [1.54, 1.807) is 13.0 Å². The molecule has 2 rings (SSSR count). The van der Waals surface area contributed by atoms with Crippen LogP contribution < -0.4 is 0 Å². The van der Waals surface area contributed by atoms with Crippen molar-refractivity contribution in [2.24, 2.45) is 0 Å². The van der Waals surface area contributed by atoms with E-state index >= 15 is 0 Å². The molecule has 0 N–H and O–H groups in total. The lowest BCUT2D eigenvalue weighted by Gasteiger charge is -2.12. The average Bonchev–Trinajstić information content (AvgIpc) is 2.55. The maximum Gasteiger partial charge on any atom is 0.449 e. The summed E-state index contributed by atoms with van der Waals surface area (Å²) in [4.78, 5) is 3.64. The second-order valence-corrected chi connectivity index (χ2v) is 3.45. The molecule has 0 saturated carbocycles. The summed E-state index contributed by atoms with van der Waals surface area (Å²) in [5, 5.41) is 0. The van der Waals surface area contributed by atoms with Gasteiger partial charge in [0.25, 0.3) is 0 Å². The minimum absolute atomic E-state index is 0.311. The standard InChI is InChI=1S/C10H11F3N2/c1-2-15-8-6-4-3-5-7(8)14-9(15)10(11,12)13/h3,5H,2,4,6H2,1H3. The van der Waals surface area contributed by atoms with Gasteiger partial charge in [-0.25, -0.2) is 4.98 Å². The van der Waals surface area contributed by atoms with Crippen molar-refractivity contribution in [1.82, 2.24) is 9.55 Å². The number of halogens is 3. The molecule has 1 aliphatic carbocycles. The molecule has 0 aliphatic heterocycles. The van der Waals surface area contributed by atoms with Crippen LogP contribution in [-0.2, 0) is 19.1 Å². The summed E-state index contributed by atoms with van der Waals surface area (Å²) in [5.41, 5.74) is 1.17. The first-order valence-electron chi connectivity index (χ1n) is 4.87. The predicted octanol–water partition coefficient (Wildman–Crippen LogP) is 2.88. The number of hydrogen-bond acceptors (Lipinski definition) is 1. The minimum Gasteiger partial charge on any atom is -0.324 e. The zero-order valence-corrected chi connectivity index (χ0v) is 8.30. The molecule has 0 spiro atoms. The number of rotatable bonds is 1. The predicted molar refractivity (Wildman–Crippen MR) is 50.3 cm³/mol. The number of imidazole rings is 1. The van der Waals surface area contributed by atoms with Crippen molar-refractivity contribution >= 4 is 6.08 Å². The van der Waals surface area contributed by atoms with Gasteiger partial charge in [0.15, 0.2) is 0 Å². The van der Waals surface area contributed by atoms with Gasteiger partial charge in [0.1, 0.15) is 0 Å². The maximum atomic E-state index is 12.6. The summed E-state index contributed by atoms with van der Waals surface area (Å²) in [5.74, 6) is -0.776. The SMILES string of the molecule is CCn1c(C(F)(F)F)nc2c1CCC=C2. The molecule has 1 aromatic rings. The highest BCUT2D eigenvalue weighted by Crippen LogP contribution is 2.32. The molecule has 0 amide bonds. The molecule has 1 heterocycles. The highest BCUT2D eigenvalue weighted by atomic mass is 19.4. The number of hydrogen-bond donors (Lipinski definition) is 0. The fourth-order valence-electron chi connectivity index (χ4n) is 1.87. The maximum absolute atomic E-state index is 12.6. The molecule has 0 fully saturated rings. The van der Waals surface area contributed by atoms with Crippen molar-refractivity contribution in [3.63, 3.8) is 0 Å². The Morgan fingerprint density at radius 1 is 1.47 bits per heavy atom. The Labute approximate surface area is 85.4 Å². The second-order valence-electron chi connectivity index (χ2n) is 3.45. The Morgan fingerprint density at radius 3 is 2.80 bits per heavy atom. The van der Waals surface area contributed by atoms with Crippen LogP contribution in [0.4, 0.5) is 13.2 Å². The van der Waals surface area contributed by atoms with Gasteiger partial charge in [-0.05, 0) is 25.8 Å². The van der Waals surface area contributed by atoms with Crippen molar-refractivity contribution in [1.29, 1.82) is 0 Å². The van der Waals surface area contributed by atoms with Gasteiger partial charge in [0.05, 0.1) is 5.69 Å². The second kappa shape index (κ2) is 3.40. The number of nitrogens with zero attached hydrogens (tertiary/aromatic N) is 2. The van der Waals surface area contributed by atoms with Crippen molar-refractivity contribution in [3.05, 3.63) is 23.3 Å². The van der Waals surface area contributed by atoms with Crippen molar-refractivity contribution in [2.75, 3.05) is 0 Å². The van der Waals surface area contributed by atoms with Gasteiger partial charge >= 0.3 is 6.18 Å². The third kappa shape index (κ3) is 1.66. The molecule has 2 nitrogen and oxygen atoms in total. The summed E-state index contributed by atoms with van der Waals surface area (Å²) >= 11 is 0. The molecular formula is C10H11F3N2. The molecule has 1 aliphatic rings. The van der Waals surface area contributed by atoms with Crippen LogP contribution in [0, 0.1) is 0 Å². The van der Waals surface area contributed by atoms with Crippen molar-refractivity contribution < 1.29 is 13.2 Å². The number of aromatic nitrogens is 2. The average molecular weight is 216 g/mol. The molecule has 1 aromatic heterocycles. The lowest BCUT2D eigenvalue weighted by Crippen LogP contribution is -2.15. The van der Waals surface area contributed by atoms with Crippen LogP contribution >= 0.6 is 0 Å². The van der Waals surface area contributed by atoms with Gasteiger partial charge in [-0.3, -0.25) is 0 Å². The summed E-state index contributed by atoms with van der Waals surface area (Å²) in [7, 11) is 0. The fraction of sp³-hybridized carbons (Fsp3) is 0.500. The third-order valence-electron chi connectivity index (χ3n) is 2.50. The van der Waals surface area contributed by atoms with E-state index < -0.39 is 12.0 Å². The number of alkyl halides is 3. The summed E-state index contributed by atoms with van der Waals surface area (Å²) < 4.78 is 39.1. The Balaban J connectivity index is 2.57. The Bertz CT molecular complexity index is 402. The zero-order valence-electron chi connectivity index (χ0n) is 8.30. The fourth-order valence-corrected chi connectivity index (χ4v) is 1.87. The van der Waals surface area contributed by atoms with Crippen LogP contribution in [0.15, 0.2) is 6.08 Å². The highest BCUT2D eigenvalue weighted by Gasteiger charge is 2.38. The molecule has 82 valence electrons. The van der Waals surface area contributed by atoms with Gasteiger partial charge in [-0.1, -0.05) is 6.08 Å². The van der Waals surface area contributed by atoms with E-state index in [1.807, 2.05) is 6.08 Å². The van der Waals surface area contributed by atoms with Crippen molar-refractivity contribution in [2.45, 2.75) is 32.5 Å². The monoisotopic (exact) mass is 216 g/mol. The van der Waals surface area contributed by atoms with Crippen LogP contribution in [0.2, 0.25) is 0 Å². The van der Waals surface area contributed by atoms with Crippen LogP contribution in [-0.4, -0.2) is 9.55 Å². The first-order chi connectivity index (χ1) is 7.04. The Kier molecular flexibility index (Phi) is 2.32. The molecule has 5 heteroatoms. The van der Waals surface area contributed by atoms with E-state index in [-0.39, 0.29) is 0 Å². The van der Waals surface area contributed by atoms with Crippen LogP contribution in [0.3, 0.4) is 0 Å². The normalized spacial score (nSPS) is 15.5. The van der Waals surface area contributed by atoms with Gasteiger partial charge in [-0.2, -0.15) is 13.2 Å². The van der Waals surface area contributed by atoms with Crippen LogP contribution in [0.5, 0.6) is 0 Å². The van der Waals surface area contributed by atoms with Crippen LogP contribution in [0.25, 0.3) is 6.08 Å². The minimum atomic E-state index is -4.36. The van der Waals surface area contributed by atoms with Gasteiger partial charge < -0.3 is 4.57 Å². The highest BCUT2D eigenvalue weighted by molar-refractivity contribution is 5.51. The lowest BCUT2D eigenvalue weighted by atomic mass is 10.1. The summed E-state index contributed by atoms with van der Waals surface area (Å²) in [6.45, 7) is 2.01. The molecule has 0 bridgehead atoms. The number of allylic oxidation sites excluding steroid dienone is 1. The molecule has 15 heavy (non-hydrogen) atoms. The van der Waals surface area contributed by atoms with E-state index in [4.69, 9.17) is 0 Å². The van der Waals surface area contributed by atoms with Gasteiger partial charge in [0, 0.05) is 12.2 Å². The largest absolute Gasteiger partial charge is 0.449 e. The van der Waals surface area contributed by atoms with Crippen molar-refractivity contribution in [3.8, 4) is 0 Å². The van der Waals surface area contributed by atoms with Crippen LogP contribution in [0.1, 0.15) is 30.6 Å². The van der Waals surface area contributed by atoms with E-state index in [2.05, 4.69) is 4.98 Å². The zero-order chi connectivity index (χ0) is 11.1. The first-order valence-corrected chi connectivity index (χ1v) is 4.87. The molecular weight excluding hydrogens is 205 g/mol. The molecule has 0 saturated heterocycles. The van der Waals surface area contributed by atoms with E-state index in [0.29, 0.717) is 24.4 Å². The topological polar surface area (TPSA) is 17.8 Å². The molecule has 0 atom stereocenters. The molecule has 0 radical (unpaired) electrons. The Morgan fingerprint density at radius 2 is 2.20 bits per heavy atom.